The summed E-state index contributed by atoms with van der Waals surface area (Å²) in [5.74, 6) is -0.830. The van der Waals surface area contributed by atoms with Crippen LogP contribution < -0.4 is 29.6 Å². The SMILES string of the molecule is COC(=O)[C@@H]1CC[C@@H]1S(=O)[O-].[Na+]. The molecule has 0 bridgehead atoms. The molecule has 0 heterocycles. The number of carbonyl (C=O) groups is 1. The normalized spacial score (nSPS) is 29.5. The van der Waals surface area contributed by atoms with Gasteiger partial charge in [-0.05, 0) is 12.8 Å². The van der Waals surface area contributed by atoms with Gasteiger partial charge in [-0.15, -0.1) is 0 Å². The third-order valence-corrected chi connectivity index (χ3v) is 3.02. The Morgan fingerprint density at radius 1 is 1.58 bits per heavy atom. The second kappa shape index (κ2) is 5.34. The molecule has 4 nitrogen and oxygen atoms in total. The molecule has 1 rings (SSSR count). The van der Waals surface area contributed by atoms with Crippen molar-refractivity contribution in [3.8, 4) is 0 Å². The van der Waals surface area contributed by atoms with Crippen LogP contribution in [-0.4, -0.2) is 27.1 Å². The first kappa shape index (κ1) is 12.6. The minimum atomic E-state index is -2.13. The molecule has 0 aromatic heterocycles. The van der Waals surface area contributed by atoms with Crippen molar-refractivity contribution in [1.29, 1.82) is 0 Å². The molecule has 0 amide bonds. The van der Waals surface area contributed by atoms with Crippen molar-refractivity contribution in [3.05, 3.63) is 0 Å². The molecule has 1 fully saturated rings. The van der Waals surface area contributed by atoms with E-state index in [4.69, 9.17) is 0 Å². The van der Waals surface area contributed by atoms with E-state index >= 15 is 0 Å². The van der Waals surface area contributed by atoms with Gasteiger partial charge in [-0.3, -0.25) is 9.00 Å². The fourth-order valence-electron chi connectivity index (χ4n) is 1.12. The van der Waals surface area contributed by atoms with Crippen molar-refractivity contribution < 1.29 is 47.9 Å². The third kappa shape index (κ3) is 2.53. The number of ether oxygens (including phenoxy) is 1. The summed E-state index contributed by atoms with van der Waals surface area (Å²) in [6, 6.07) is 0. The Kier molecular flexibility index (Phi) is 5.60. The van der Waals surface area contributed by atoms with Crippen LogP contribution in [0.2, 0.25) is 0 Å². The molecule has 0 aromatic carbocycles. The molecule has 0 aliphatic heterocycles. The van der Waals surface area contributed by atoms with Gasteiger partial charge in [-0.2, -0.15) is 0 Å². The fourth-order valence-corrected chi connectivity index (χ4v) is 1.96. The van der Waals surface area contributed by atoms with Crippen LogP contribution in [0.15, 0.2) is 0 Å². The molecule has 1 unspecified atom stereocenters. The summed E-state index contributed by atoms with van der Waals surface area (Å²) in [6.07, 6.45) is 1.21. The monoisotopic (exact) mass is 200 g/mol. The van der Waals surface area contributed by atoms with Crippen LogP contribution in [-0.2, 0) is 20.6 Å². The fraction of sp³-hybridized carbons (Fsp3) is 0.833. The molecule has 64 valence electrons. The van der Waals surface area contributed by atoms with E-state index in [1.807, 2.05) is 0 Å². The van der Waals surface area contributed by atoms with Crippen molar-refractivity contribution in [1.82, 2.24) is 0 Å². The predicted molar refractivity (Wildman–Crippen MR) is 37.4 cm³/mol. The van der Waals surface area contributed by atoms with E-state index in [1.54, 1.807) is 0 Å². The third-order valence-electron chi connectivity index (χ3n) is 1.96. The van der Waals surface area contributed by atoms with Crippen molar-refractivity contribution in [2.24, 2.45) is 5.92 Å². The summed E-state index contributed by atoms with van der Waals surface area (Å²) in [5, 5.41) is -0.512. The maximum atomic E-state index is 10.8. The van der Waals surface area contributed by atoms with Gasteiger partial charge in [-0.1, -0.05) is 11.1 Å². The van der Waals surface area contributed by atoms with Crippen molar-refractivity contribution in [2.45, 2.75) is 18.1 Å². The largest absolute Gasteiger partial charge is 1.00 e. The van der Waals surface area contributed by atoms with E-state index in [0.717, 1.165) is 0 Å². The van der Waals surface area contributed by atoms with E-state index in [0.29, 0.717) is 12.8 Å². The first-order valence-electron chi connectivity index (χ1n) is 3.32. The van der Waals surface area contributed by atoms with Gasteiger partial charge < -0.3 is 9.29 Å². The second-order valence-electron chi connectivity index (χ2n) is 2.51. The Morgan fingerprint density at radius 2 is 2.17 bits per heavy atom. The van der Waals surface area contributed by atoms with Crippen LogP contribution in [0.3, 0.4) is 0 Å². The number of methoxy groups -OCH3 is 1. The maximum absolute atomic E-state index is 10.8. The standard InChI is InChI=1S/C6H10O4S.Na/c1-10-6(7)4-2-3-5(4)11(8)9;/h4-5H,2-3H2,1H3,(H,8,9);/q;+1/p-1/t4-,5+;/m1./s1. The number of rotatable bonds is 2. The molecule has 1 aliphatic carbocycles. The number of hydrogen-bond acceptors (Lipinski definition) is 4. The Hall–Kier alpha value is 0.580. The number of hydrogen-bond donors (Lipinski definition) is 0. The Morgan fingerprint density at radius 3 is 2.42 bits per heavy atom. The van der Waals surface area contributed by atoms with E-state index in [9.17, 15) is 13.6 Å². The van der Waals surface area contributed by atoms with Gasteiger partial charge in [0.1, 0.15) is 0 Å². The van der Waals surface area contributed by atoms with Gasteiger partial charge in [0.2, 0.25) is 0 Å². The number of carbonyl (C=O) groups excluding carboxylic acids is 1. The van der Waals surface area contributed by atoms with Crippen molar-refractivity contribution in [2.75, 3.05) is 7.11 Å². The van der Waals surface area contributed by atoms with Crippen LogP contribution in [0.25, 0.3) is 0 Å². The molecule has 12 heavy (non-hydrogen) atoms. The summed E-state index contributed by atoms with van der Waals surface area (Å²) >= 11 is -2.13. The molecule has 1 aliphatic rings. The van der Waals surface area contributed by atoms with Crippen LogP contribution in [0.1, 0.15) is 12.8 Å². The zero-order valence-electron chi connectivity index (χ0n) is 7.11. The van der Waals surface area contributed by atoms with Crippen LogP contribution in [0, 0.1) is 5.92 Å². The van der Waals surface area contributed by atoms with E-state index in [1.165, 1.54) is 7.11 Å². The molecular weight excluding hydrogens is 191 g/mol. The van der Waals surface area contributed by atoms with E-state index in [-0.39, 0.29) is 29.6 Å². The zero-order chi connectivity index (χ0) is 8.43. The summed E-state index contributed by atoms with van der Waals surface area (Å²) in [4.78, 5) is 10.8. The van der Waals surface area contributed by atoms with Crippen LogP contribution in [0.5, 0.6) is 0 Å². The first-order valence-corrected chi connectivity index (χ1v) is 4.46. The van der Waals surface area contributed by atoms with E-state index in [2.05, 4.69) is 4.74 Å². The quantitative estimate of drug-likeness (QED) is 0.268. The molecule has 6 heteroatoms. The summed E-state index contributed by atoms with van der Waals surface area (Å²) < 4.78 is 25.2. The molecule has 0 radical (unpaired) electrons. The van der Waals surface area contributed by atoms with Gasteiger partial charge in [0.15, 0.2) is 0 Å². The van der Waals surface area contributed by atoms with Gasteiger partial charge in [0, 0.05) is 5.25 Å². The van der Waals surface area contributed by atoms with E-state index < -0.39 is 28.2 Å². The van der Waals surface area contributed by atoms with Gasteiger partial charge in [0.25, 0.3) is 0 Å². The Labute approximate surface area is 95.6 Å². The summed E-state index contributed by atoms with van der Waals surface area (Å²) in [7, 11) is 1.27. The smallest absolute Gasteiger partial charge is 0.772 e. The molecule has 0 aromatic rings. The molecule has 3 atom stereocenters. The van der Waals surface area contributed by atoms with Crippen LogP contribution in [0.4, 0.5) is 0 Å². The first-order chi connectivity index (χ1) is 5.16. The average Bonchev–Trinajstić information content (AvgIpc) is 1.83. The zero-order valence-corrected chi connectivity index (χ0v) is 9.93. The average molecular weight is 200 g/mol. The molecule has 0 N–H and O–H groups in total. The Bertz CT molecular complexity index is 196. The summed E-state index contributed by atoms with van der Waals surface area (Å²) in [6.45, 7) is 0. The number of esters is 1. The Balaban J connectivity index is 0.00000121. The van der Waals surface area contributed by atoms with Gasteiger partial charge in [-0.25, -0.2) is 0 Å². The van der Waals surface area contributed by atoms with Crippen LogP contribution >= 0.6 is 0 Å². The molecule has 1 saturated carbocycles. The van der Waals surface area contributed by atoms with Gasteiger partial charge in [0.05, 0.1) is 13.0 Å². The van der Waals surface area contributed by atoms with Crippen molar-refractivity contribution in [3.63, 3.8) is 0 Å². The van der Waals surface area contributed by atoms with Crippen molar-refractivity contribution >= 4 is 17.0 Å². The maximum Gasteiger partial charge on any atom is 1.00 e. The topological polar surface area (TPSA) is 66.4 Å². The minimum Gasteiger partial charge on any atom is -0.772 e. The molecule has 0 saturated heterocycles. The molecular formula is C6H9NaO4S. The molecule has 0 spiro atoms. The van der Waals surface area contributed by atoms with Gasteiger partial charge >= 0.3 is 35.5 Å². The minimum absolute atomic E-state index is 0. The summed E-state index contributed by atoms with van der Waals surface area (Å²) in [5.41, 5.74) is 0. The second-order valence-corrected chi connectivity index (χ2v) is 3.63. The predicted octanol–water partition coefficient (Wildman–Crippen LogP) is -3.18.